The topological polar surface area (TPSA) is 49.7 Å². The first-order chi connectivity index (χ1) is 8.30. The number of hydrogen-bond acceptors (Lipinski definition) is 3. The molecular weight excluding hydrogens is 315 g/mol. The van der Waals surface area contributed by atoms with Crippen molar-refractivity contribution in [3.8, 4) is 5.75 Å². The number of carbonyl (C=O) groups excluding carboxylic acids is 1. The Kier molecular flexibility index (Phi) is 2.99. The molecule has 0 aliphatic heterocycles. The molecule has 7 heteroatoms. The van der Waals surface area contributed by atoms with Gasteiger partial charge in [0.05, 0.1) is 15.6 Å². The van der Waals surface area contributed by atoms with Gasteiger partial charge in [-0.2, -0.15) is 18.2 Å². The zero-order valence-electron chi connectivity index (χ0n) is 8.88. The number of benzene rings is 1. The molecule has 18 heavy (non-hydrogen) atoms. The Morgan fingerprint density at radius 2 is 2.00 bits per heavy atom. The van der Waals surface area contributed by atoms with E-state index < -0.39 is 23.0 Å². The summed E-state index contributed by atoms with van der Waals surface area (Å²) in [5.74, 6) is -0.864. The Morgan fingerprint density at radius 1 is 1.39 bits per heavy atom. The van der Waals surface area contributed by atoms with Crippen molar-refractivity contribution in [3.63, 3.8) is 0 Å². The fourth-order valence-electron chi connectivity index (χ4n) is 1.75. The molecule has 0 bridgehead atoms. The van der Waals surface area contributed by atoms with Gasteiger partial charge in [0.25, 0.3) is 0 Å². The molecular formula is C11H7BrF3NO2. The minimum absolute atomic E-state index is 0.0697. The van der Waals surface area contributed by atoms with Crippen LogP contribution in [0, 0.1) is 0 Å². The first kappa shape index (κ1) is 13.1. The van der Waals surface area contributed by atoms with Crippen LogP contribution in [0.15, 0.2) is 21.6 Å². The zero-order chi connectivity index (χ0) is 13.6. The lowest BCUT2D eigenvalue weighted by molar-refractivity contribution is -0.138. The Hall–Kier alpha value is -1.33. The number of halogens is 4. The van der Waals surface area contributed by atoms with E-state index in [9.17, 15) is 23.1 Å². The summed E-state index contributed by atoms with van der Waals surface area (Å²) in [6.45, 7) is 0. The number of isocyanates is 1. The molecule has 0 saturated heterocycles. The van der Waals surface area contributed by atoms with Gasteiger partial charge in [0.2, 0.25) is 6.08 Å². The summed E-state index contributed by atoms with van der Waals surface area (Å²) in [4.78, 5) is 13.8. The fourth-order valence-corrected chi connectivity index (χ4v) is 2.21. The fraction of sp³-hybridized carbons (Fsp3) is 0.364. The molecule has 0 unspecified atom stereocenters. The van der Waals surface area contributed by atoms with E-state index in [1.165, 1.54) is 12.1 Å². The second kappa shape index (κ2) is 4.10. The average molecular weight is 322 g/mol. The number of alkyl halides is 3. The second-order valence-electron chi connectivity index (χ2n) is 4.09. The highest BCUT2D eigenvalue weighted by Gasteiger charge is 2.47. The number of phenols is 1. The van der Waals surface area contributed by atoms with Crippen LogP contribution in [0.1, 0.15) is 24.0 Å². The van der Waals surface area contributed by atoms with Gasteiger partial charge in [0.1, 0.15) is 5.75 Å². The van der Waals surface area contributed by atoms with Crippen LogP contribution in [0.3, 0.4) is 0 Å². The van der Waals surface area contributed by atoms with Crippen LogP contribution in [-0.4, -0.2) is 11.2 Å². The number of aliphatic imine (C=N–C) groups is 1. The van der Waals surface area contributed by atoms with Gasteiger partial charge in [-0.25, -0.2) is 4.79 Å². The molecule has 1 aromatic carbocycles. The number of aromatic hydroxyl groups is 1. The Labute approximate surface area is 108 Å². The second-order valence-corrected chi connectivity index (χ2v) is 4.94. The number of nitrogens with zero attached hydrogens (tertiary/aromatic N) is 1. The van der Waals surface area contributed by atoms with Gasteiger partial charge < -0.3 is 5.11 Å². The van der Waals surface area contributed by atoms with E-state index >= 15 is 0 Å². The molecule has 1 N–H and O–H groups in total. The van der Waals surface area contributed by atoms with E-state index in [1.54, 1.807) is 0 Å². The highest BCUT2D eigenvalue weighted by molar-refractivity contribution is 9.10. The van der Waals surface area contributed by atoms with Crippen molar-refractivity contribution in [2.45, 2.75) is 24.6 Å². The Morgan fingerprint density at radius 3 is 2.44 bits per heavy atom. The van der Waals surface area contributed by atoms with Crippen LogP contribution < -0.4 is 0 Å². The molecule has 0 radical (unpaired) electrons. The third-order valence-corrected chi connectivity index (χ3v) is 3.49. The molecule has 0 spiro atoms. The predicted molar refractivity (Wildman–Crippen MR) is 59.8 cm³/mol. The van der Waals surface area contributed by atoms with Crippen LogP contribution in [-0.2, 0) is 16.5 Å². The molecule has 0 heterocycles. The maximum absolute atomic E-state index is 12.7. The van der Waals surface area contributed by atoms with Crippen LogP contribution in [0.2, 0.25) is 0 Å². The average Bonchev–Trinajstić information content (AvgIpc) is 3.01. The Bertz CT molecular complexity index is 546. The number of rotatable bonds is 2. The van der Waals surface area contributed by atoms with Crippen LogP contribution >= 0.6 is 15.9 Å². The van der Waals surface area contributed by atoms with Gasteiger partial charge in [-0.05, 0) is 46.5 Å². The molecule has 1 aromatic rings. The SMILES string of the molecule is O=C=NC1(c2cc(Br)c(O)c(C(F)(F)F)c2)CC1. The molecule has 0 aromatic heterocycles. The molecule has 2 rings (SSSR count). The molecule has 0 atom stereocenters. The van der Waals surface area contributed by atoms with E-state index in [0.29, 0.717) is 12.8 Å². The van der Waals surface area contributed by atoms with Crippen molar-refractivity contribution in [1.29, 1.82) is 0 Å². The zero-order valence-corrected chi connectivity index (χ0v) is 10.5. The third kappa shape index (κ3) is 2.15. The molecule has 1 aliphatic carbocycles. The highest BCUT2D eigenvalue weighted by atomic mass is 79.9. The monoisotopic (exact) mass is 321 g/mol. The van der Waals surface area contributed by atoms with Gasteiger partial charge in [0.15, 0.2) is 0 Å². The van der Waals surface area contributed by atoms with E-state index in [-0.39, 0.29) is 10.0 Å². The lowest BCUT2D eigenvalue weighted by atomic mass is 10.0. The minimum atomic E-state index is -4.66. The van der Waals surface area contributed by atoms with Gasteiger partial charge in [0, 0.05) is 0 Å². The molecule has 96 valence electrons. The predicted octanol–water partition coefficient (Wildman–Crippen LogP) is 3.50. The summed E-state index contributed by atoms with van der Waals surface area (Å²) in [6.07, 6.45) is -2.29. The van der Waals surface area contributed by atoms with Gasteiger partial charge in [-0.3, -0.25) is 0 Å². The van der Waals surface area contributed by atoms with Gasteiger partial charge >= 0.3 is 6.18 Å². The lowest BCUT2D eigenvalue weighted by Crippen LogP contribution is -2.10. The normalized spacial score (nSPS) is 17.1. The van der Waals surface area contributed by atoms with E-state index in [0.717, 1.165) is 6.07 Å². The third-order valence-electron chi connectivity index (χ3n) is 2.89. The van der Waals surface area contributed by atoms with Gasteiger partial charge in [-0.15, -0.1) is 0 Å². The summed E-state index contributed by atoms with van der Waals surface area (Å²) in [6, 6.07) is 2.17. The first-order valence-corrected chi connectivity index (χ1v) is 5.79. The summed E-state index contributed by atoms with van der Waals surface area (Å²) < 4.78 is 38.1. The number of phenolic OH excluding ortho intramolecular Hbond substituents is 1. The molecule has 3 nitrogen and oxygen atoms in total. The summed E-state index contributed by atoms with van der Waals surface area (Å²) >= 11 is 2.87. The maximum atomic E-state index is 12.7. The highest BCUT2D eigenvalue weighted by Crippen LogP contribution is 2.52. The molecule has 1 aliphatic rings. The Balaban J connectivity index is 2.59. The van der Waals surface area contributed by atoms with Crippen molar-refractivity contribution < 1.29 is 23.1 Å². The van der Waals surface area contributed by atoms with Crippen LogP contribution in [0.5, 0.6) is 5.75 Å². The van der Waals surface area contributed by atoms with Crippen LogP contribution in [0.25, 0.3) is 0 Å². The van der Waals surface area contributed by atoms with Crippen LogP contribution in [0.4, 0.5) is 13.2 Å². The van der Waals surface area contributed by atoms with Crippen molar-refractivity contribution >= 4 is 22.0 Å². The molecule has 1 fully saturated rings. The van der Waals surface area contributed by atoms with E-state index in [1.807, 2.05) is 0 Å². The number of hydrogen-bond donors (Lipinski definition) is 1. The first-order valence-electron chi connectivity index (χ1n) is 4.99. The minimum Gasteiger partial charge on any atom is -0.506 e. The summed E-state index contributed by atoms with van der Waals surface area (Å²) in [7, 11) is 0. The molecule has 0 amide bonds. The van der Waals surface area contributed by atoms with Crippen molar-refractivity contribution in [3.05, 3.63) is 27.7 Å². The quantitative estimate of drug-likeness (QED) is 0.669. The van der Waals surface area contributed by atoms with Gasteiger partial charge in [-0.1, -0.05) is 0 Å². The standard InChI is InChI=1S/C11H7BrF3NO2/c12-8-4-6(10(1-2-10)16-5-17)3-7(9(8)18)11(13,14)15/h3-4,18H,1-2H2. The van der Waals surface area contributed by atoms with Crippen molar-refractivity contribution in [1.82, 2.24) is 0 Å². The summed E-state index contributed by atoms with van der Waals surface area (Å²) in [5.41, 5.74) is -1.79. The smallest absolute Gasteiger partial charge is 0.420 e. The largest absolute Gasteiger partial charge is 0.506 e. The van der Waals surface area contributed by atoms with Crippen molar-refractivity contribution in [2.75, 3.05) is 0 Å². The van der Waals surface area contributed by atoms with E-state index in [4.69, 9.17) is 0 Å². The molecule has 1 saturated carbocycles. The van der Waals surface area contributed by atoms with Crippen molar-refractivity contribution in [2.24, 2.45) is 4.99 Å². The maximum Gasteiger partial charge on any atom is 0.420 e. The van der Waals surface area contributed by atoms with E-state index in [2.05, 4.69) is 20.9 Å². The lowest BCUT2D eigenvalue weighted by Gasteiger charge is -2.15. The summed E-state index contributed by atoms with van der Waals surface area (Å²) in [5, 5.41) is 9.40.